The molecule has 0 bridgehead atoms. The van der Waals surface area contributed by atoms with E-state index in [1.54, 1.807) is 0 Å². The summed E-state index contributed by atoms with van der Waals surface area (Å²) in [5, 5.41) is 10.1. The Balaban J connectivity index is 2.94. The molecular formula is C20H32O. The van der Waals surface area contributed by atoms with Gasteiger partial charge in [-0.05, 0) is 58.3 Å². The fourth-order valence-electron chi connectivity index (χ4n) is 2.72. The molecule has 1 nitrogen and oxygen atoms in total. The third kappa shape index (κ3) is 7.47. The van der Waals surface area contributed by atoms with Crippen molar-refractivity contribution in [2.24, 2.45) is 11.8 Å². The summed E-state index contributed by atoms with van der Waals surface area (Å²) in [7, 11) is 0. The van der Waals surface area contributed by atoms with Gasteiger partial charge in [0.05, 0.1) is 6.10 Å². The first-order valence-electron chi connectivity index (χ1n) is 8.24. The number of aliphatic hydroxyl groups excluding tert-OH is 1. The molecule has 0 spiro atoms. The number of allylic oxidation sites excluding steroid dienone is 6. The van der Waals surface area contributed by atoms with E-state index in [0.29, 0.717) is 11.8 Å². The molecule has 21 heavy (non-hydrogen) atoms. The van der Waals surface area contributed by atoms with Crippen LogP contribution in [-0.2, 0) is 0 Å². The van der Waals surface area contributed by atoms with Crippen LogP contribution in [0.4, 0.5) is 0 Å². The predicted octanol–water partition coefficient (Wildman–Crippen LogP) is 5.59. The zero-order chi connectivity index (χ0) is 15.8. The summed E-state index contributed by atoms with van der Waals surface area (Å²) >= 11 is 0. The van der Waals surface area contributed by atoms with E-state index in [0.717, 1.165) is 25.7 Å². The first-order chi connectivity index (χ1) is 9.88. The fraction of sp³-hybridized carbons (Fsp3) is 0.600. The minimum atomic E-state index is -0.345. The van der Waals surface area contributed by atoms with E-state index in [1.165, 1.54) is 16.7 Å². The van der Waals surface area contributed by atoms with E-state index in [2.05, 4.69) is 58.9 Å². The van der Waals surface area contributed by atoms with Crippen LogP contribution in [0.15, 0.2) is 47.1 Å². The van der Waals surface area contributed by atoms with Gasteiger partial charge in [0.1, 0.15) is 0 Å². The van der Waals surface area contributed by atoms with Crippen LogP contribution in [0.5, 0.6) is 0 Å². The largest absolute Gasteiger partial charge is 0.389 e. The van der Waals surface area contributed by atoms with E-state index in [1.807, 2.05) is 6.08 Å². The number of hydrogen-bond acceptors (Lipinski definition) is 1. The summed E-state index contributed by atoms with van der Waals surface area (Å²) in [4.78, 5) is 0. The van der Waals surface area contributed by atoms with Gasteiger partial charge in [0.25, 0.3) is 0 Å². The van der Waals surface area contributed by atoms with Crippen molar-refractivity contribution >= 4 is 0 Å². The van der Waals surface area contributed by atoms with Crippen LogP contribution in [0.2, 0.25) is 0 Å². The predicted molar refractivity (Wildman–Crippen MR) is 93.2 cm³/mol. The minimum Gasteiger partial charge on any atom is -0.389 e. The van der Waals surface area contributed by atoms with Crippen LogP contribution in [0.3, 0.4) is 0 Å². The van der Waals surface area contributed by atoms with Crippen molar-refractivity contribution in [2.45, 2.75) is 66.4 Å². The Labute approximate surface area is 131 Å². The maximum atomic E-state index is 10.1. The molecule has 1 N–H and O–H groups in total. The SMILES string of the molecule is CC1=C\C/C=C(\C)CC(O)/C=C(\C)CCC(C(C)C)/C=C\1. The first kappa shape index (κ1) is 18.0. The van der Waals surface area contributed by atoms with Crippen LogP contribution in [-0.4, -0.2) is 11.2 Å². The molecule has 0 aromatic rings. The maximum Gasteiger partial charge on any atom is 0.0760 e. The molecule has 2 unspecified atom stereocenters. The molecule has 1 heteroatoms. The van der Waals surface area contributed by atoms with Crippen LogP contribution in [0, 0.1) is 11.8 Å². The summed E-state index contributed by atoms with van der Waals surface area (Å²) < 4.78 is 0. The molecule has 0 aromatic heterocycles. The smallest absolute Gasteiger partial charge is 0.0760 e. The van der Waals surface area contributed by atoms with Crippen molar-refractivity contribution < 1.29 is 5.11 Å². The highest BCUT2D eigenvalue weighted by atomic mass is 16.3. The second-order valence-corrected chi connectivity index (χ2v) is 6.82. The molecule has 1 rings (SSSR count). The number of hydrogen-bond donors (Lipinski definition) is 1. The Morgan fingerprint density at radius 2 is 1.81 bits per heavy atom. The van der Waals surface area contributed by atoms with Gasteiger partial charge in [-0.2, -0.15) is 0 Å². The van der Waals surface area contributed by atoms with E-state index < -0.39 is 0 Å². The lowest BCUT2D eigenvalue weighted by atomic mass is 9.88. The molecule has 0 saturated heterocycles. The average Bonchev–Trinajstić information content (AvgIpc) is 2.36. The fourth-order valence-corrected chi connectivity index (χ4v) is 2.72. The zero-order valence-corrected chi connectivity index (χ0v) is 14.4. The van der Waals surface area contributed by atoms with Gasteiger partial charge < -0.3 is 5.11 Å². The standard InChI is InChI=1S/C20H32O/c1-15(2)19-11-9-16(3)7-6-8-17(4)13-20(21)14-18(5)10-12-19/h7-9,11,14-15,19-21H,6,10,12-13H2,1-5H3/b11-9-,16-7+,17-8+,18-14+. The molecule has 0 amide bonds. The van der Waals surface area contributed by atoms with Crippen molar-refractivity contribution in [1.29, 1.82) is 0 Å². The lowest BCUT2D eigenvalue weighted by Gasteiger charge is -2.18. The van der Waals surface area contributed by atoms with Crippen LogP contribution in [0.25, 0.3) is 0 Å². The van der Waals surface area contributed by atoms with Crippen molar-refractivity contribution in [3.8, 4) is 0 Å². The molecule has 0 aliphatic heterocycles. The van der Waals surface area contributed by atoms with Crippen molar-refractivity contribution in [2.75, 3.05) is 0 Å². The number of rotatable bonds is 1. The lowest BCUT2D eigenvalue weighted by Crippen LogP contribution is -2.07. The molecule has 0 aromatic carbocycles. The Morgan fingerprint density at radius 3 is 2.48 bits per heavy atom. The summed E-state index contributed by atoms with van der Waals surface area (Å²) in [5.41, 5.74) is 3.89. The van der Waals surface area contributed by atoms with Gasteiger partial charge in [-0.25, -0.2) is 0 Å². The van der Waals surface area contributed by atoms with Gasteiger partial charge >= 0.3 is 0 Å². The average molecular weight is 288 g/mol. The topological polar surface area (TPSA) is 20.2 Å². The lowest BCUT2D eigenvalue weighted by molar-refractivity contribution is 0.222. The molecule has 0 fully saturated rings. The van der Waals surface area contributed by atoms with E-state index in [9.17, 15) is 5.11 Å². The van der Waals surface area contributed by atoms with Gasteiger partial charge in [-0.15, -0.1) is 0 Å². The molecule has 1 aliphatic rings. The second kappa shape index (κ2) is 9.04. The molecule has 0 radical (unpaired) electrons. The molecule has 2 atom stereocenters. The van der Waals surface area contributed by atoms with Gasteiger partial charge in [-0.3, -0.25) is 0 Å². The Morgan fingerprint density at radius 1 is 1.10 bits per heavy atom. The van der Waals surface area contributed by atoms with E-state index in [4.69, 9.17) is 0 Å². The quantitative estimate of drug-likeness (QED) is 0.624. The second-order valence-electron chi connectivity index (χ2n) is 6.82. The maximum absolute atomic E-state index is 10.1. The van der Waals surface area contributed by atoms with E-state index in [-0.39, 0.29) is 6.10 Å². The monoisotopic (exact) mass is 288 g/mol. The Kier molecular flexibility index (Phi) is 7.74. The minimum absolute atomic E-state index is 0.345. The summed E-state index contributed by atoms with van der Waals surface area (Å²) in [5.74, 6) is 1.26. The van der Waals surface area contributed by atoms with Gasteiger partial charge in [-0.1, -0.05) is 60.9 Å². The van der Waals surface area contributed by atoms with Crippen molar-refractivity contribution in [3.63, 3.8) is 0 Å². The van der Waals surface area contributed by atoms with Gasteiger partial charge in [0.2, 0.25) is 0 Å². The normalized spacial score (nSPS) is 34.9. The van der Waals surface area contributed by atoms with Crippen molar-refractivity contribution in [3.05, 3.63) is 47.1 Å². The van der Waals surface area contributed by atoms with Crippen molar-refractivity contribution in [1.82, 2.24) is 0 Å². The van der Waals surface area contributed by atoms with Gasteiger partial charge in [0.15, 0.2) is 0 Å². The highest BCUT2D eigenvalue weighted by molar-refractivity contribution is 5.19. The van der Waals surface area contributed by atoms with Crippen LogP contribution in [0.1, 0.15) is 60.3 Å². The summed E-state index contributed by atoms with van der Waals surface area (Å²) in [6.45, 7) is 11.0. The Bertz CT molecular complexity index is 435. The molecule has 1 aliphatic carbocycles. The molecular weight excluding hydrogens is 256 g/mol. The van der Waals surface area contributed by atoms with Crippen LogP contribution >= 0.6 is 0 Å². The molecule has 118 valence electrons. The molecule has 0 saturated carbocycles. The van der Waals surface area contributed by atoms with E-state index >= 15 is 0 Å². The third-order valence-electron chi connectivity index (χ3n) is 4.25. The molecule has 0 heterocycles. The Hall–Kier alpha value is -1.08. The highest BCUT2D eigenvalue weighted by Gasteiger charge is 2.11. The zero-order valence-electron chi connectivity index (χ0n) is 14.4. The first-order valence-corrected chi connectivity index (χ1v) is 8.24. The highest BCUT2D eigenvalue weighted by Crippen LogP contribution is 2.23. The number of aliphatic hydroxyl groups is 1. The van der Waals surface area contributed by atoms with Crippen LogP contribution < -0.4 is 0 Å². The summed E-state index contributed by atoms with van der Waals surface area (Å²) in [6.07, 6.45) is 14.7. The summed E-state index contributed by atoms with van der Waals surface area (Å²) in [6, 6.07) is 0. The third-order valence-corrected chi connectivity index (χ3v) is 4.25. The van der Waals surface area contributed by atoms with Gasteiger partial charge in [0, 0.05) is 0 Å².